The van der Waals surface area contributed by atoms with Gasteiger partial charge in [-0.3, -0.25) is 9.48 Å². The van der Waals surface area contributed by atoms with Crippen molar-refractivity contribution in [3.8, 4) is 0 Å². The molecule has 0 aliphatic carbocycles. The molecular weight excluding hydrogens is 190 g/mol. The van der Waals surface area contributed by atoms with E-state index in [-0.39, 0.29) is 5.91 Å². The van der Waals surface area contributed by atoms with E-state index in [9.17, 15) is 4.79 Å². The summed E-state index contributed by atoms with van der Waals surface area (Å²) in [4.78, 5) is 13.2. The number of aryl methyl sites for hydroxylation is 2. The Hall–Kier alpha value is -1.32. The second kappa shape index (κ2) is 3.68. The molecule has 1 aromatic heterocycles. The first kappa shape index (κ1) is 10.2. The Labute approximate surface area is 89.9 Å². The van der Waals surface area contributed by atoms with Crippen molar-refractivity contribution in [2.75, 3.05) is 6.54 Å². The van der Waals surface area contributed by atoms with Crippen LogP contribution in [-0.2, 0) is 31.2 Å². The van der Waals surface area contributed by atoms with Crippen molar-refractivity contribution in [3.63, 3.8) is 0 Å². The van der Waals surface area contributed by atoms with E-state index in [1.54, 1.807) is 6.92 Å². The van der Waals surface area contributed by atoms with Crippen LogP contribution in [0.25, 0.3) is 0 Å². The Bertz CT molecular complexity index is 395. The minimum absolute atomic E-state index is 0.153. The summed E-state index contributed by atoms with van der Waals surface area (Å²) in [5, 5.41) is 4.48. The molecular formula is C11H17N3O. The van der Waals surface area contributed by atoms with Crippen molar-refractivity contribution in [2.24, 2.45) is 7.05 Å². The maximum Gasteiger partial charge on any atom is 0.219 e. The number of hydrogen-bond acceptors (Lipinski definition) is 2. The molecule has 82 valence electrons. The van der Waals surface area contributed by atoms with E-state index < -0.39 is 0 Å². The molecule has 1 aliphatic rings. The lowest BCUT2D eigenvalue weighted by molar-refractivity contribution is -0.129. The van der Waals surface area contributed by atoms with E-state index in [0.717, 1.165) is 19.4 Å². The lowest BCUT2D eigenvalue weighted by atomic mass is 10.0. The van der Waals surface area contributed by atoms with Crippen molar-refractivity contribution in [3.05, 3.63) is 17.0 Å². The summed E-state index contributed by atoms with van der Waals surface area (Å²) < 4.78 is 1.92. The lowest BCUT2D eigenvalue weighted by Crippen LogP contribution is -2.35. The molecule has 2 heterocycles. The van der Waals surface area contributed by atoms with Gasteiger partial charge < -0.3 is 4.90 Å². The van der Waals surface area contributed by atoms with Gasteiger partial charge in [0.1, 0.15) is 0 Å². The highest BCUT2D eigenvalue weighted by molar-refractivity contribution is 5.73. The van der Waals surface area contributed by atoms with E-state index >= 15 is 0 Å². The number of hydrogen-bond donors (Lipinski definition) is 0. The van der Waals surface area contributed by atoms with Gasteiger partial charge in [-0.2, -0.15) is 5.10 Å². The van der Waals surface area contributed by atoms with Crippen LogP contribution in [0.5, 0.6) is 0 Å². The molecule has 0 N–H and O–H groups in total. The predicted octanol–water partition coefficient (Wildman–Crippen LogP) is 0.887. The minimum atomic E-state index is 0.153. The van der Waals surface area contributed by atoms with Crippen molar-refractivity contribution >= 4 is 5.91 Å². The molecule has 0 aromatic carbocycles. The van der Waals surface area contributed by atoms with Gasteiger partial charge >= 0.3 is 0 Å². The molecule has 0 bridgehead atoms. The second-order valence-electron chi connectivity index (χ2n) is 4.04. The van der Waals surface area contributed by atoms with Gasteiger partial charge in [-0.15, -0.1) is 0 Å². The zero-order valence-corrected chi connectivity index (χ0v) is 9.58. The van der Waals surface area contributed by atoms with Crippen LogP contribution in [0.1, 0.15) is 30.8 Å². The number of carbonyl (C=O) groups is 1. The highest BCUT2D eigenvalue weighted by Crippen LogP contribution is 2.22. The largest absolute Gasteiger partial charge is 0.337 e. The molecule has 1 aliphatic heterocycles. The Morgan fingerprint density at radius 3 is 2.87 bits per heavy atom. The fraction of sp³-hybridized carbons (Fsp3) is 0.636. The van der Waals surface area contributed by atoms with Crippen molar-refractivity contribution in [2.45, 2.75) is 33.2 Å². The van der Waals surface area contributed by atoms with Crippen LogP contribution in [0.4, 0.5) is 0 Å². The summed E-state index contributed by atoms with van der Waals surface area (Å²) in [6.07, 6.45) is 1.93. The predicted molar refractivity (Wildman–Crippen MR) is 57.4 cm³/mol. The minimum Gasteiger partial charge on any atom is -0.337 e. The molecule has 0 saturated carbocycles. The second-order valence-corrected chi connectivity index (χ2v) is 4.04. The van der Waals surface area contributed by atoms with Crippen LogP contribution in [-0.4, -0.2) is 27.1 Å². The zero-order valence-electron chi connectivity index (χ0n) is 9.58. The van der Waals surface area contributed by atoms with E-state index in [4.69, 9.17) is 0 Å². The maximum atomic E-state index is 11.3. The molecule has 0 unspecified atom stereocenters. The molecule has 2 rings (SSSR count). The van der Waals surface area contributed by atoms with E-state index in [0.29, 0.717) is 6.54 Å². The number of fused-ring (bicyclic) bond motifs is 1. The monoisotopic (exact) mass is 207 g/mol. The van der Waals surface area contributed by atoms with Crippen molar-refractivity contribution < 1.29 is 4.79 Å². The number of carbonyl (C=O) groups excluding carboxylic acids is 1. The van der Waals surface area contributed by atoms with Crippen LogP contribution in [0.3, 0.4) is 0 Å². The molecule has 0 fully saturated rings. The fourth-order valence-electron chi connectivity index (χ4n) is 2.21. The fourth-order valence-corrected chi connectivity index (χ4v) is 2.21. The first-order valence-electron chi connectivity index (χ1n) is 5.42. The summed E-state index contributed by atoms with van der Waals surface area (Å²) in [5.41, 5.74) is 3.75. The molecule has 0 saturated heterocycles. The number of nitrogens with zero attached hydrogens (tertiary/aromatic N) is 3. The van der Waals surface area contributed by atoms with Gasteiger partial charge in [0.15, 0.2) is 0 Å². The maximum absolute atomic E-state index is 11.3. The third-order valence-corrected chi connectivity index (χ3v) is 3.11. The van der Waals surface area contributed by atoms with Gasteiger partial charge in [0, 0.05) is 26.1 Å². The quantitative estimate of drug-likeness (QED) is 0.686. The highest BCUT2D eigenvalue weighted by Gasteiger charge is 2.23. The van der Waals surface area contributed by atoms with Crippen molar-refractivity contribution in [1.29, 1.82) is 0 Å². The zero-order chi connectivity index (χ0) is 11.0. The SMILES string of the molecule is CCc1nn(C)c2c1CCN(C(C)=O)C2. The lowest BCUT2D eigenvalue weighted by Gasteiger charge is -2.26. The molecule has 4 nitrogen and oxygen atoms in total. The molecule has 15 heavy (non-hydrogen) atoms. The summed E-state index contributed by atoms with van der Waals surface area (Å²) in [5.74, 6) is 0.153. The summed E-state index contributed by atoms with van der Waals surface area (Å²) >= 11 is 0. The molecule has 0 atom stereocenters. The highest BCUT2D eigenvalue weighted by atomic mass is 16.2. The van der Waals surface area contributed by atoms with Crippen molar-refractivity contribution in [1.82, 2.24) is 14.7 Å². The van der Waals surface area contributed by atoms with E-state index in [1.807, 2.05) is 16.6 Å². The topological polar surface area (TPSA) is 38.1 Å². The molecule has 0 radical (unpaired) electrons. The average Bonchev–Trinajstić information content (AvgIpc) is 2.55. The number of aromatic nitrogens is 2. The molecule has 1 amide bonds. The smallest absolute Gasteiger partial charge is 0.219 e. The molecule has 4 heteroatoms. The number of amides is 1. The van der Waals surface area contributed by atoms with Gasteiger partial charge in [0.05, 0.1) is 17.9 Å². The van der Waals surface area contributed by atoms with Gasteiger partial charge in [-0.1, -0.05) is 6.92 Å². The summed E-state index contributed by atoms with van der Waals surface area (Å²) in [7, 11) is 1.96. The average molecular weight is 207 g/mol. The van der Waals surface area contributed by atoms with Crippen LogP contribution < -0.4 is 0 Å². The Morgan fingerprint density at radius 1 is 1.53 bits per heavy atom. The first-order valence-corrected chi connectivity index (χ1v) is 5.42. The van der Waals surface area contributed by atoms with Crippen LogP contribution >= 0.6 is 0 Å². The summed E-state index contributed by atoms with van der Waals surface area (Å²) in [6.45, 7) is 5.30. The Morgan fingerprint density at radius 2 is 2.27 bits per heavy atom. The molecule has 0 spiro atoms. The summed E-state index contributed by atoms with van der Waals surface area (Å²) in [6, 6.07) is 0. The normalized spacial score (nSPS) is 15.3. The van der Waals surface area contributed by atoms with Gasteiger partial charge in [0.2, 0.25) is 5.91 Å². The first-order chi connectivity index (χ1) is 7.13. The number of rotatable bonds is 1. The van der Waals surface area contributed by atoms with Gasteiger partial charge in [-0.05, 0) is 12.8 Å². The third-order valence-electron chi connectivity index (χ3n) is 3.11. The Balaban J connectivity index is 2.33. The van der Waals surface area contributed by atoms with Gasteiger partial charge in [0.25, 0.3) is 0 Å². The standard InChI is InChI=1S/C11H17N3O/c1-4-10-9-5-6-14(8(2)15)7-11(9)13(3)12-10/h4-7H2,1-3H3. The van der Waals surface area contributed by atoms with Crippen LogP contribution in [0, 0.1) is 0 Å². The van der Waals surface area contributed by atoms with Crippen LogP contribution in [0.2, 0.25) is 0 Å². The van der Waals surface area contributed by atoms with Gasteiger partial charge in [-0.25, -0.2) is 0 Å². The third kappa shape index (κ3) is 1.64. The molecule has 1 aromatic rings. The Kier molecular flexibility index (Phi) is 2.50. The van der Waals surface area contributed by atoms with Crippen LogP contribution in [0.15, 0.2) is 0 Å². The van der Waals surface area contributed by atoms with E-state index in [1.165, 1.54) is 17.0 Å². The van der Waals surface area contributed by atoms with E-state index in [2.05, 4.69) is 12.0 Å².